The zero-order valence-electron chi connectivity index (χ0n) is 19.0. The van der Waals surface area contributed by atoms with Crippen LogP contribution in [-0.4, -0.2) is 46.7 Å². The molecule has 0 N–H and O–H groups in total. The number of rotatable bonds is 6. The molecule has 3 amide bonds. The zero-order valence-corrected chi connectivity index (χ0v) is 20.5. The van der Waals surface area contributed by atoms with Crippen LogP contribution in [0.2, 0.25) is 10.0 Å². The number of methoxy groups -OCH3 is 1. The van der Waals surface area contributed by atoms with Crippen molar-refractivity contribution >= 4 is 46.7 Å². The third-order valence-corrected chi connectivity index (χ3v) is 7.90. The Balaban J connectivity index is 1.54. The highest BCUT2D eigenvalue weighted by Crippen LogP contribution is 2.53. The number of hydrogen-bond acceptors (Lipinski definition) is 5. The molecule has 1 aliphatic heterocycles. The first-order chi connectivity index (χ1) is 16.7. The van der Waals surface area contributed by atoms with Crippen molar-refractivity contribution in [3.8, 4) is 5.75 Å². The minimum Gasteiger partial charge on any atom is -0.497 e. The Morgan fingerprint density at radius 3 is 2.06 bits per heavy atom. The highest BCUT2D eigenvalue weighted by molar-refractivity contribution is 6.42. The van der Waals surface area contributed by atoms with E-state index in [0.717, 1.165) is 16.4 Å². The van der Waals surface area contributed by atoms with Crippen molar-refractivity contribution in [2.75, 3.05) is 7.11 Å². The molecule has 1 saturated heterocycles. The molecule has 2 aromatic carbocycles. The van der Waals surface area contributed by atoms with Crippen LogP contribution in [0.25, 0.3) is 0 Å². The number of ether oxygens (including phenoxy) is 1. The molecule has 3 aliphatic rings. The summed E-state index contributed by atoms with van der Waals surface area (Å²) in [6.45, 7) is 1.50. The topological polar surface area (TPSA) is 84.0 Å². The molecule has 0 radical (unpaired) electrons. The van der Waals surface area contributed by atoms with E-state index in [-0.39, 0.29) is 27.4 Å². The largest absolute Gasteiger partial charge is 0.497 e. The summed E-state index contributed by atoms with van der Waals surface area (Å²) in [5, 5.41) is 2.26. The van der Waals surface area contributed by atoms with E-state index in [1.54, 1.807) is 24.3 Å². The minimum atomic E-state index is -1.15. The Morgan fingerprint density at radius 1 is 0.943 bits per heavy atom. The fourth-order valence-corrected chi connectivity index (χ4v) is 5.71. The first-order valence-electron chi connectivity index (χ1n) is 11.3. The lowest BCUT2D eigenvalue weighted by Gasteiger charge is -2.35. The van der Waals surface area contributed by atoms with Crippen LogP contribution in [0.5, 0.6) is 5.75 Å². The highest BCUT2D eigenvalue weighted by Gasteiger charge is 2.61. The molecule has 7 nitrogen and oxygen atoms in total. The molecule has 2 aromatic rings. The number of Topliss-reactive ketones (excluding diaryl/α,β-unsaturated/α-hetero) is 1. The summed E-state index contributed by atoms with van der Waals surface area (Å²) in [5.41, 5.74) is 0.416. The van der Waals surface area contributed by atoms with E-state index in [1.165, 1.54) is 32.2 Å². The van der Waals surface area contributed by atoms with Gasteiger partial charge in [0.25, 0.3) is 17.7 Å². The maximum Gasteiger partial charge on any atom is 0.273 e. The molecule has 180 valence electrons. The van der Waals surface area contributed by atoms with Gasteiger partial charge in [0.2, 0.25) is 0 Å². The maximum atomic E-state index is 13.8. The van der Waals surface area contributed by atoms with Gasteiger partial charge in [0, 0.05) is 11.1 Å². The summed E-state index contributed by atoms with van der Waals surface area (Å²) in [4.78, 5) is 54.3. The Bertz CT molecular complexity index is 1250. The molecule has 5 atom stereocenters. The number of ketones is 1. The number of benzene rings is 2. The fourth-order valence-electron chi connectivity index (χ4n) is 5.41. The van der Waals surface area contributed by atoms with E-state index < -0.39 is 41.4 Å². The molecule has 0 unspecified atom stereocenters. The van der Waals surface area contributed by atoms with Crippen LogP contribution in [0.3, 0.4) is 0 Å². The molecule has 2 fully saturated rings. The van der Waals surface area contributed by atoms with Gasteiger partial charge in [-0.1, -0.05) is 35.4 Å². The molecule has 9 heteroatoms. The summed E-state index contributed by atoms with van der Waals surface area (Å²) < 4.78 is 5.15. The Kier molecular flexibility index (Phi) is 5.93. The summed E-state index contributed by atoms with van der Waals surface area (Å²) in [5.74, 6) is -2.60. The molecule has 1 heterocycles. The second-order valence-electron chi connectivity index (χ2n) is 9.04. The molecule has 0 aromatic heterocycles. The van der Waals surface area contributed by atoms with E-state index in [2.05, 4.69) is 0 Å². The lowest BCUT2D eigenvalue weighted by molar-refractivity contribution is -0.157. The average Bonchev–Trinajstić information content (AvgIpc) is 3.55. The SMILES string of the molecule is COc1ccc(C(=O)[C@@H](C)N(C(=O)c2ccc(Cl)c(Cl)c2)N2C(=O)[C@@H]3[C@H](C2=O)[C@H]2C=C[C@H]3C2)cc1. The van der Waals surface area contributed by atoms with E-state index in [1.807, 2.05) is 12.2 Å². The monoisotopic (exact) mass is 512 g/mol. The molecule has 35 heavy (non-hydrogen) atoms. The second kappa shape index (κ2) is 8.81. The Morgan fingerprint density at radius 2 is 1.51 bits per heavy atom. The van der Waals surface area contributed by atoms with Gasteiger partial charge in [0.05, 0.1) is 29.0 Å². The molecular weight excluding hydrogens is 491 g/mol. The van der Waals surface area contributed by atoms with Gasteiger partial charge in [-0.15, -0.1) is 0 Å². The van der Waals surface area contributed by atoms with E-state index in [4.69, 9.17) is 27.9 Å². The van der Waals surface area contributed by atoms with Gasteiger partial charge in [-0.3, -0.25) is 19.2 Å². The van der Waals surface area contributed by atoms with Gasteiger partial charge in [-0.05, 0) is 67.6 Å². The third-order valence-electron chi connectivity index (χ3n) is 7.16. The van der Waals surface area contributed by atoms with Gasteiger partial charge in [0.15, 0.2) is 5.78 Å². The smallest absolute Gasteiger partial charge is 0.273 e. The number of nitrogens with zero attached hydrogens (tertiary/aromatic N) is 2. The van der Waals surface area contributed by atoms with Crippen LogP contribution in [0, 0.1) is 23.7 Å². The fraction of sp³-hybridized carbons (Fsp3) is 0.308. The number of carbonyl (C=O) groups is 4. The molecule has 5 rings (SSSR count). The van der Waals surface area contributed by atoms with Crippen LogP contribution in [0.1, 0.15) is 34.1 Å². The molecular formula is C26H22Cl2N2O5. The predicted molar refractivity (Wildman–Crippen MR) is 129 cm³/mol. The van der Waals surface area contributed by atoms with Gasteiger partial charge in [0.1, 0.15) is 11.8 Å². The van der Waals surface area contributed by atoms with Crippen LogP contribution in [-0.2, 0) is 9.59 Å². The van der Waals surface area contributed by atoms with E-state index in [9.17, 15) is 19.2 Å². The van der Waals surface area contributed by atoms with Crippen molar-refractivity contribution in [1.29, 1.82) is 0 Å². The number of hydrogen-bond donors (Lipinski definition) is 0. The maximum absolute atomic E-state index is 13.8. The molecule has 2 bridgehead atoms. The van der Waals surface area contributed by atoms with Crippen molar-refractivity contribution < 1.29 is 23.9 Å². The van der Waals surface area contributed by atoms with Crippen molar-refractivity contribution in [3.63, 3.8) is 0 Å². The first-order valence-corrected chi connectivity index (χ1v) is 12.0. The van der Waals surface area contributed by atoms with Crippen molar-refractivity contribution in [3.05, 3.63) is 75.8 Å². The van der Waals surface area contributed by atoms with Crippen molar-refractivity contribution in [2.24, 2.45) is 23.7 Å². The normalized spacial score (nSPS) is 25.1. The number of amides is 3. The van der Waals surface area contributed by atoms with Crippen LogP contribution in [0.4, 0.5) is 0 Å². The number of fused-ring (bicyclic) bond motifs is 5. The van der Waals surface area contributed by atoms with E-state index in [0.29, 0.717) is 11.3 Å². The van der Waals surface area contributed by atoms with Crippen molar-refractivity contribution in [1.82, 2.24) is 10.0 Å². The predicted octanol–water partition coefficient (Wildman–Crippen LogP) is 4.44. The van der Waals surface area contributed by atoms with Gasteiger partial charge < -0.3 is 4.74 Å². The van der Waals surface area contributed by atoms with Crippen LogP contribution in [0.15, 0.2) is 54.6 Å². The number of imide groups is 1. The number of halogens is 2. The number of carbonyl (C=O) groups excluding carboxylic acids is 4. The summed E-state index contributed by atoms with van der Waals surface area (Å²) in [7, 11) is 1.51. The van der Waals surface area contributed by atoms with Crippen molar-refractivity contribution in [2.45, 2.75) is 19.4 Å². The standard InChI is InChI=1S/C26H22Cl2N2O5/c1-13(23(31)14-5-8-18(35-2)9-6-14)29(24(32)17-7-10-19(27)20(28)12-17)30-25(33)21-15-3-4-16(11-15)22(21)26(30)34/h3-10,12-13,15-16,21-22H,11H2,1-2H3/t13-,15+,16+,21-,22+/m1/s1. The van der Waals surface area contributed by atoms with Gasteiger partial charge in [-0.2, -0.15) is 5.01 Å². The van der Waals surface area contributed by atoms with Crippen LogP contribution < -0.4 is 4.74 Å². The highest BCUT2D eigenvalue weighted by atomic mass is 35.5. The summed E-state index contributed by atoms with van der Waals surface area (Å²) in [6.07, 6.45) is 4.69. The average molecular weight is 513 g/mol. The van der Waals surface area contributed by atoms with Gasteiger partial charge in [-0.25, -0.2) is 5.01 Å². The molecule has 1 saturated carbocycles. The van der Waals surface area contributed by atoms with E-state index >= 15 is 0 Å². The minimum absolute atomic E-state index is 0.0408. The zero-order chi connectivity index (χ0) is 25.0. The molecule has 0 spiro atoms. The summed E-state index contributed by atoms with van der Waals surface area (Å²) >= 11 is 12.1. The molecule has 2 aliphatic carbocycles. The lowest BCUT2D eigenvalue weighted by Crippen LogP contribution is -2.56. The third kappa shape index (κ3) is 3.74. The Hall–Kier alpha value is -3.16. The van der Waals surface area contributed by atoms with Crippen LogP contribution >= 0.6 is 23.2 Å². The quantitative estimate of drug-likeness (QED) is 0.324. The Labute approximate surface area is 212 Å². The first kappa shape index (κ1) is 23.6. The van der Waals surface area contributed by atoms with Gasteiger partial charge >= 0.3 is 0 Å². The second-order valence-corrected chi connectivity index (χ2v) is 9.85. The lowest BCUT2D eigenvalue weighted by atomic mass is 9.85. The number of hydrazine groups is 1. The number of allylic oxidation sites excluding steroid dienone is 2. The summed E-state index contributed by atoms with van der Waals surface area (Å²) in [6, 6.07) is 9.53.